The van der Waals surface area contributed by atoms with E-state index in [4.69, 9.17) is 33.7 Å². The molecule has 10 heteroatoms. The molecule has 9 nitrogen and oxygen atoms in total. The minimum atomic E-state index is -4.67. The number of hydrogen-bond donors (Lipinski definition) is 5. The van der Waals surface area contributed by atoms with Gasteiger partial charge in [-0.3, -0.25) is 14.1 Å². The first-order chi connectivity index (χ1) is 10.2. The van der Waals surface area contributed by atoms with E-state index in [1.165, 1.54) is 5.56 Å². The van der Waals surface area contributed by atoms with Gasteiger partial charge in [-0.25, -0.2) is 0 Å². The zero-order valence-corrected chi connectivity index (χ0v) is 12.7. The van der Waals surface area contributed by atoms with Gasteiger partial charge in [-0.1, -0.05) is 0 Å². The van der Waals surface area contributed by atoms with Gasteiger partial charge in [-0.2, -0.15) is 8.42 Å². The fraction of sp³-hybridized carbons (Fsp3) is 0.250. The van der Waals surface area contributed by atoms with E-state index in [0.717, 1.165) is 23.1 Å². The van der Waals surface area contributed by atoms with E-state index in [-0.39, 0.29) is 5.96 Å². The third-order valence-electron chi connectivity index (χ3n) is 2.65. The highest BCUT2D eigenvalue weighted by Crippen LogP contribution is 2.23. The van der Waals surface area contributed by atoms with Gasteiger partial charge in [0.05, 0.1) is 7.11 Å². The topological polar surface area (TPSA) is 164 Å². The lowest BCUT2D eigenvalue weighted by atomic mass is 10.1. The smallest absolute Gasteiger partial charge is 0.394 e. The monoisotopic (exact) mass is 330 g/mol. The second-order valence-corrected chi connectivity index (χ2v) is 5.13. The third-order valence-corrected chi connectivity index (χ3v) is 2.65. The van der Waals surface area contributed by atoms with Crippen molar-refractivity contribution in [2.75, 3.05) is 13.7 Å². The van der Waals surface area contributed by atoms with Gasteiger partial charge in [0.2, 0.25) is 0 Å². The lowest BCUT2D eigenvalue weighted by molar-refractivity contribution is 0.381. The summed E-state index contributed by atoms with van der Waals surface area (Å²) in [6.45, 7) is 0.590. The number of aliphatic imine (C=N–C) groups is 1. The van der Waals surface area contributed by atoms with Crippen LogP contribution in [0, 0.1) is 0 Å². The van der Waals surface area contributed by atoms with Gasteiger partial charge in [0, 0.05) is 23.6 Å². The zero-order chi connectivity index (χ0) is 16.8. The third kappa shape index (κ3) is 6.43. The Morgan fingerprint density at radius 2 is 2.00 bits per heavy atom. The van der Waals surface area contributed by atoms with Crippen LogP contribution >= 0.6 is 0 Å². The van der Waals surface area contributed by atoms with Crippen molar-refractivity contribution in [3.63, 3.8) is 0 Å². The van der Waals surface area contributed by atoms with Crippen LogP contribution in [-0.4, -0.2) is 42.1 Å². The number of hydrogen-bond acceptors (Lipinski definition) is 4. The number of benzene rings is 1. The maximum atomic E-state index is 8.74. The number of methoxy groups -OCH3 is 1. The number of aromatic nitrogens is 1. The van der Waals surface area contributed by atoms with Crippen LogP contribution in [-0.2, 0) is 16.8 Å². The molecule has 0 aliphatic heterocycles. The average molecular weight is 330 g/mol. The number of ether oxygens (including phenoxy) is 1. The van der Waals surface area contributed by atoms with Crippen LogP contribution in [0.2, 0.25) is 0 Å². The summed E-state index contributed by atoms with van der Waals surface area (Å²) in [5, 5.41) is 1.15. The fourth-order valence-electron chi connectivity index (χ4n) is 1.80. The van der Waals surface area contributed by atoms with E-state index in [1.807, 2.05) is 24.4 Å². The zero-order valence-electron chi connectivity index (χ0n) is 11.9. The molecule has 1 aromatic carbocycles. The van der Waals surface area contributed by atoms with Crippen LogP contribution in [0.25, 0.3) is 10.9 Å². The van der Waals surface area contributed by atoms with Crippen LogP contribution < -0.4 is 16.2 Å². The molecule has 0 aliphatic rings. The number of fused-ring (bicyclic) bond motifs is 1. The van der Waals surface area contributed by atoms with E-state index in [2.05, 4.69) is 9.98 Å². The van der Waals surface area contributed by atoms with Gasteiger partial charge in [0.15, 0.2) is 5.96 Å². The largest absolute Gasteiger partial charge is 0.497 e. The molecule has 0 radical (unpaired) electrons. The molecule has 0 aliphatic carbocycles. The van der Waals surface area contributed by atoms with Crippen LogP contribution in [0.1, 0.15) is 5.56 Å². The van der Waals surface area contributed by atoms with Gasteiger partial charge >= 0.3 is 10.4 Å². The Balaban J connectivity index is 0.000000422. The second kappa shape index (κ2) is 7.64. The lowest BCUT2D eigenvalue weighted by Gasteiger charge is -2.01. The molecule has 0 fully saturated rings. The molecule has 122 valence electrons. The van der Waals surface area contributed by atoms with Gasteiger partial charge in [-0.05, 0) is 30.2 Å². The minimum absolute atomic E-state index is 0.127. The molecular weight excluding hydrogens is 312 g/mol. The first-order valence-electron chi connectivity index (χ1n) is 6.10. The summed E-state index contributed by atoms with van der Waals surface area (Å²) in [5.74, 6) is 0.975. The summed E-state index contributed by atoms with van der Waals surface area (Å²) < 4.78 is 36.8. The van der Waals surface area contributed by atoms with Crippen molar-refractivity contribution in [2.24, 2.45) is 16.5 Å². The number of nitrogens with one attached hydrogen (secondary N) is 1. The van der Waals surface area contributed by atoms with Crippen molar-refractivity contribution in [2.45, 2.75) is 6.42 Å². The van der Waals surface area contributed by atoms with Crippen molar-refractivity contribution in [1.29, 1.82) is 0 Å². The maximum Gasteiger partial charge on any atom is 0.394 e. The van der Waals surface area contributed by atoms with E-state index in [0.29, 0.717) is 6.54 Å². The highest BCUT2D eigenvalue weighted by atomic mass is 32.3. The maximum absolute atomic E-state index is 8.74. The molecule has 0 spiro atoms. The molecular formula is C12H18N4O5S. The predicted octanol–water partition coefficient (Wildman–Crippen LogP) is 0.340. The van der Waals surface area contributed by atoms with E-state index < -0.39 is 10.4 Å². The number of H-pyrrole nitrogens is 1. The van der Waals surface area contributed by atoms with Gasteiger partial charge in [-0.15, -0.1) is 0 Å². The molecule has 0 amide bonds. The summed E-state index contributed by atoms with van der Waals surface area (Å²) in [4.78, 5) is 7.19. The van der Waals surface area contributed by atoms with E-state index in [1.54, 1.807) is 7.11 Å². The average Bonchev–Trinajstić information content (AvgIpc) is 2.79. The van der Waals surface area contributed by atoms with Gasteiger partial charge in [0.25, 0.3) is 0 Å². The molecule has 7 N–H and O–H groups in total. The first-order valence-corrected chi connectivity index (χ1v) is 7.49. The molecule has 0 saturated carbocycles. The Morgan fingerprint density at radius 1 is 1.36 bits per heavy atom. The Labute approximate surface area is 127 Å². The quantitative estimate of drug-likeness (QED) is 0.306. The van der Waals surface area contributed by atoms with Crippen LogP contribution in [0.4, 0.5) is 0 Å². The molecule has 0 saturated heterocycles. The van der Waals surface area contributed by atoms with Crippen molar-refractivity contribution in [3.8, 4) is 5.75 Å². The molecule has 1 aromatic heterocycles. The van der Waals surface area contributed by atoms with Crippen LogP contribution in [0.3, 0.4) is 0 Å². The van der Waals surface area contributed by atoms with Crippen molar-refractivity contribution in [1.82, 2.24) is 4.98 Å². The SMILES string of the molecule is COc1ccc2[nH]cc(CCN=C(N)N)c2c1.O=S(=O)(O)O. The van der Waals surface area contributed by atoms with Crippen LogP contribution in [0.5, 0.6) is 5.75 Å². The Morgan fingerprint density at radius 3 is 2.55 bits per heavy atom. The van der Waals surface area contributed by atoms with Gasteiger partial charge in [0.1, 0.15) is 5.75 Å². The molecule has 2 rings (SSSR count). The van der Waals surface area contributed by atoms with E-state index in [9.17, 15) is 0 Å². The number of aromatic amines is 1. The van der Waals surface area contributed by atoms with Crippen molar-refractivity contribution < 1.29 is 22.3 Å². The summed E-state index contributed by atoms with van der Waals surface area (Å²) in [6, 6.07) is 5.94. The molecule has 0 unspecified atom stereocenters. The Bertz CT molecular complexity index is 742. The fourth-order valence-corrected chi connectivity index (χ4v) is 1.80. The number of nitrogens with zero attached hydrogens (tertiary/aromatic N) is 1. The van der Waals surface area contributed by atoms with E-state index >= 15 is 0 Å². The second-order valence-electron chi connectivity index (χ2n) is 4.23. The standard InChI is InChI=1S/C12H16N4O.H2O4S/c1-17-9-2-3-11-10(6-9)8(7-16-11)4-5-15-12(13)14;1-5(2,3)4/h2-3,6-7,16H,4-5H2,1H3,(H4,13,14,15);(H2,1,2,3,4). The van der Waals surface area contributed by atoms with Crippen LogP contribution in [0.15, 0.2) is 29.4 Å². The molecule has 1 heterocycles. The first kappa shape index (κ1) is 17.8. The number of rotatable bonds is 4. The summed E-state index contributed by atoms with van der Waals surface area (Å²) >= 11 is 0. The van der Waals surface area contributed by atoms with Crippen molar-refractivity contribution >= 4 is 27.3 Å². The number of guanidine groups is 1. The predicted molar refractivity (Wildman–Crippen MR) is 83.4 cm³/mol. The summed E-state index contributed by atoms with van der Waals surface area (Å²) in [7, 11) is -3.01. The van der Waals surface area contributed by atoms with Gasteiger partial charge < -0.3 is 21.2 Å². The molecule has 0 atom stereocenters. The molecule has 22 heavy (non-hydrogen) atoms. The highest BCUT2D eigenvalue weighted by molar-refractivity contribution is 7.79. The molecule has 0 bridgehead atoms. The summed E-state index contributed by atoms with van der Waals surface area (Å²) in [5.41, 5.74) is 12.9. The lowest BCUT2D eigenvalue weighted by Crippen LogP contribution is -2.23. The highest BCUT2D eigenvalue weighted by Gasteiger charge is 2.04. The Kier molecular flexibility index (Phi) is 6.16. The normalized spacial score (nSPS) is 10.7. The minimum Gasteiger partial charge on any atom is -0.497 e. The van der Waals surface area contributed by atoms with Crippen molar-refractivity contribution in [3.05, 3.63) is 30.0 Å². The number of nitrogens with two attached hydrogens (primary N) is 2. The Hall–Kier alpha value is -2.30. The summed E-state index contributed by atoms with van der Waals surface area (Å²) in [6.07, 6.45) is 2.78. The molecule has 2 aromatic rings.